The zero-order valence-corrected chi connectivity index (χ0v) is 8.06. The molecule has 0 aromatic carbocycles. The smallest absolute Gasteiger partial charge is 0.148 e. The number of ether oxygens (including phenoxy) is 1. The topological polar surface area (TPSA) is 38.3 Å². The second-order valence-corrected chi connectivity index (χ2v) is 2.78. The maximum Gasteiger partial charge on any atom is 0.148 e. The maximum absolute atomic E-state index is 10.9. The van der Waals surface area contributed by atoms with Crippen LogP contribution in [0.4, 0.5) is 0 Å². The Bertz CT molecular complexity index is 115. The standard InChI is InChI=1S/C9H19NO2/c1-3-4-6-12-7-5-9(11)8-10-2/h10H,3-8H2,1-2H3. The zero-order chi connectivity index (χ0) is 9.23. The molecule has 0 aliphatic heterocycles. The summed E-state index contributed by atoms with van der Waals surface area (Å²) in [5.41, 5.74) is 0. The third-order valence-electron chi connectivity index (χ3n) is 1.54. The molecule has 0 spiro atoms. The van der Waals surface area contributed by atoms with Crippen molar-refractivity contribution in [3.63, 3.8) is 0 Å². The summed E-state index contributed by atoms with van der Waals surface area (Å²) in [7, 11) is 1.77. The minimum Gasteiger partial charge on any atom is -0.381 e. The molecular formula is C9H19NO2. The molecule has 0 aromatic heterocycles. The van der Waals surface area contributed by atoms with E-state index in [1.165, 1.54) is 0 Å². The minimum atomic E-state index is 0.217. The van der Waals surface area contributed by atoms with E-state index >= 15 is 0 Å². The molecule has 0 aromatic rings. The van der Waals surface area contributed by atoms with Gasteiger partial charge < -0.3 is 10.1 Å². The molecular weight excluding hydrogens is 154 g/mol. The summed E-state index contributed by atoms with van der Waals surface area (Å²) < 4.78 is 5.24. The fourth-order valence-corrected chi connectivity index (χ4v) is 0.820. The van der Waals surface area contributed by atoms with Crippen LogP contribution in [0.1, 0.15) is 26.2 Å². The number of likely N-dealkylation sites (N-methyl/N-ethyl adjacent to an activating group) is 1. The van der Waals surface area contributed by atoms with E-state index in [4.69, 9.17) is 4.74 Å². The highest BCUT2D eigenvalue weighted by Crippen LogP contribution is 1.90. The average molecular weight is 173 g/mol. The van der Waals surface area contributed by atoms with Gasteiger partial charge in [-0.15, -0.1) is 0 Å². The van der Waals surface area contributed by atoms with Crippen LogP contribution in [-0.2, 0) is 9.53 Å². The number of nitrogens with one attached hydrogen (secondary N) is 1. The van der Waals surface area contributed by atoms with Gasteiger partial charge in [-0.2, -0.15) is 0 Å². The molecule has 0 heterocycles. The van der Waals surface area contributed by atoms with Crippen LogP contribution in [0.15, 0.2) is 0 Å². The highest BCUT2D eigenvalue weighted by atomic mass is 16.5. The van der Waals surface area contributed by atoms with Crippen molar-refractivity contribution >= 4 is 5.78 Å². The zero-order valence-electron chi connectivity index (χ0n) is 8.06. The van der Waals surface area contributed by atoms with Crippen molar-refractivity contribution in [3.05, 3.63) is 0 Å². The van der Waals surface area contributed by atoms with E-state index < -0.39 is 0 Å². The molecule has 3 heteroatoms. The van der Waals surface area contributed by atoms with Crippen molar-refractivity contribution in [2.75, 3.05) is 26.8 Å². The minimum absolute atomic E-state index is 0.217. The van der Waals surface area contributed by atoms with E-state index in [-0.39, 0.29) is 5.78 Å². The lowest BCUT2D eigenvalue weighted by Crippen LogP contribution is -2.19. The molecule has 1 N–H and O–H groups in total. The Kier molecular flexibility index (Phi) is 8.39. The van der Waals surface area contributed by atoms with Gasteiger partial charge in [-0.05, 0) is 13.5 Å². The number of carbonyl (C=O) groups is 1. The van der Waals surface area contributed by atoms with Crippen LogP contribution in [0, 0.1) is 0 Å². The van der Waals surface area contributed by atoms with E-state index in [0.29, 0.717) is 19.6 Å². The van der Waals surface area contributed by atoms with Crippen molar-refractivity contribution in [3.8, 4) is 0 Å². The van der Waals surface area contributed by atoms with E-state index in [0.717, 1.165) is 19.4 Å². The highest BCUT2D eigenvalue weighted by molar-refractivity contribution is 5.80. The molecule has 0 amide bonds. The predicted octanol–water partition coefficient (Wildman–Crippen LogP) is 0.982. The molecule has 0 saturated carbocycles. The molecule has 0 fully saturated rings. The summed E-state index contributed by atoms with van der Waals surface area (Å²) in [6.07, 6.45) is 2.76. The van der Waals surface area contributed by atoms with Crippen LogP contribution in [0.2, 0.25) is 0 Å². The Morgan fingerprint density at radius 1 is 1.42 bits per heavy atom. The molecule has 0 unspecified atom stereocenters. The van der Waals surface area contributed by atoms with Crippen LogP contribution < -0.4 is 5.32 Å². The molecule has 0 atom stereocenters. The molecule has 0 saturated heterocycles. The quantitative estimate of drug-likeness (QED) is 0.556. The van der Waals surface area contributed by atoms with Gasteiger partial charge in [-0.25, -0.2) is 0 Å². The van der Waals surface area contributed by atoms with E-state index in [1.54, 1.807) is 7.05 Å². The monoisotopic (exact) mass is 173 g/mol. The van der Waals surface area contributed by atoms with Gasteiger partial charge >= 0.3 is 0 Å². The molecule has 0 aliphatic carbocycles. The number of rotatable bonds is 8. The fraction of sp³-hybridized carbons (Fsp3) is 0.889. The van der Waals surface area contributed by atoms with Gasteiger partial charge in [-0.3, -0.25) is 4.79 Å². The summed E-state index contributed by atoms with van der Waals surface area (Å²) in [5, 5.41) is 2.81. The maximum atomic E-state index is 10.9. The number of hydrogen-bond donors (Lipinski definition) is 1. The van der Waals surface area contributed by atoms with Crippen molar-refractivity contribution in [2.24, 2.45) is 0 Å². The first-order chi connectivity index (χ1) is 5.81. The Balaban J connectivity index is 3.03. The third-order valence-corrected chi connectivity index (χ3v) is 1.54. The van der Waals surface area contributed by atoms with Crippen LogP contribution in [0.25, 0.3) is 0 Å². The second kappa shape index (κ2) is 8.68. The number of carbonyl (C=O) groups excluding carboxylic acids is 1. The van der Waals surface area contributed by atoms with Crippen LogP contribution in [-0.4, -0.2) is 32.6 Å². The predicted molar refractivity (Wildman–Crippen MR) is 49.3 cm³/mol. The first-order valence-electron chi connectivity index (χ1n) is 4.55. The summed E-state index contributed by atoms with van der Waals surface area (Å²) in [6.45, 7) is 3.93. The molecule has 0 rings (SSSR count). The number of ketones is 1. The van der Waals surface area contributed by atoms with Gasteiger partial charge in [0.05, 0.1) is 13.2 Å². The summed E-state index contributed by atoms with van der Waals surface area (Å²) in [5.74, 6) is 0.217. The Hall–Kier alpha value is -0.410. The van der Waals surface area contributed by atoms with E-state index in [1.807, 2.05) is 0 Å². The summed E-state index contributed by atoms with van der Waals surface area (Å²) in [6, 6.07) is 0. The lowest BCUT2D eigenvalue weighted by Gasteiger charge is -2.01. The summed E-state index contributed by atoms with van der Waals surface area (Å²) >= 11 is 0. The average Bonchev–Trinajstić information content (AvgIpc) is 2.05. The highest BCUT2D eigenvalue weighted by Gasteiger charge is 1.98. The number of hydrogen-bond acceptors (Lipinski definition) is 3. The SMILES string of the molecule is CCCCOCCC(=O)CNC. The van der Waals surface area contributed by atoms with Crippen molar-refractivity contribution in [1.82, 2.24) is 5.32 Å². The number of Topliss-reactive ketones (excluding diaryl/α,β-unsaturated/α-hetero) is 1. The fourth-order valence-electron chi connectivity index (χ4n) is 0.820. The van der Waals surface area contributed by atoms with Gasteiger partial charge in [0.25, 0.3) is 0 Å². The van der Waals surface area contributed by atoms with E-state index in [2.05, 4.69) is 12.2 Å². The van der Waals surface area contributed by atoms with Gasteiger partial charge in [0.15, 0.2) is 0 Å². The van der Waals surface area contributed by atoms with Crippen molar-refractivity contribution in [2.45, 2.75) is 26.2 Å². The van der Waals surface area contributed by atoms with Gasteiger partial charge in [0.2, 0.25) is 0 Å². The van der Waals surface area contributed by atoms with Gasteiger partial charge in [0.1, 0.15) is 5.78 Å². The molecule has 0 bridgehead atoms. The Labute approximate surface area is 74.5 Å². The largest absolute Gasteiger partial charge is 0.381 e. The molecule has 0 radical (unpaired) electrons. The summed E-state index contributed by atoms with van der Waals surface area (Å²) in [4.78, 5) is 10.9. The number of unbranched alkanes of at least 4 members (excludes halogenated alkanes) is 1. The first kappa shape index (κ1) is 11.6. The van der Waals surface area contributed by atoms with Crippen molar-refractivity contribution < 1.29 is 9.53 Å². The van der Waals surface area contributed by atoms with E-state index in [9.17, 15) is 4.79 Å². The van der Waals surface area contributed by atoms with Crippen LogP contribution in [0.5, 0.6) is 0 Å². The van der Waals surface area contributed by atoms with Gasteiger partial charge in [-0.1, -0.05) is 13.3 Å². The second-order valence-electron chi connectivity index (χ2n) is 2.78. The van der Waals surface area contributed by atoms with Crippen LogP contribution in [0.3, 0.4) is 0 Å². The third kappa shape index (κ3) is 7.69. The van der Waals surface area contributed by atoms with Crippen molar-refractivity contribution in [1.29, 1.82) is 0 Å². The molecule has 12 heavy (non-hydrogen) atoms. The molecule has 3 nitrogen and oxygen atoms in total. The lowest BCUT2D eigenvalue weighted by molar-refractivity contribution is -0.119. The normalized spacial score (nSPS) is 10.2. The first-order valence-corrected chi connectivity index (χ1v) is 4.55. The van der Waals surface area contributed by atoms with Gasteiger partial charge in [0, 0.05) is 13.0 Å². The Morgan fingerprint density at radius 3 is 2.75 bits per heavy atom. The molecule has 72 valence electrons. The molecule has 0 aliphatic rings. The van der Waals surface area contributed by atoms with Crippen LogP contribution >= 0.6 is 0 Å². The Morgan fingerprint density at radius 2 is 2.17 bits per heavy atom. The lowest BCUT2D eigenvalue weighted by atomic mass is 10.3.